The maximum absolute atomic E-state index is 12.6. The van der Waals surface area contributed by atoms with Gasteiger partial charge in [0.2, 0.25) is 5.91 Å². The summed E-state index contributed by atoms with van der Waals surface area (Å²) in [6, 6.07) is 18.1. The summed E-state index contributed by atoms with van der Waals surface area (Å²) < 4.78 is 11.1. The van der Waals surface area contributed by atoms with Crippen LogP contribution in [0.15, 0.2) is 60.7 Å². The van der Waals surface area contributed by atoms with Crippen molar-refractivity contribution in [3.8, 4) is 11.5 Å². The van der Waals surface area contributed by atoms with Crippen LogP contribution in [0.3, 0.4) is 0 Å². The van der Waals surface area contributed by atoms with E-state index < -0.39 is 24.4 Å². The molecule has 3 aromatic rings. The monoisotopic (exact) mass is 506 g/mol. The van der Waals surface area contributed by atoms with Gasteiger partial charge in [-0.2, -0.15) is 0 Å². The van der Waals surface area contributed by atoms with Crippen molar-refractivity contribution >= 4 is 40.8 Å². The van der Waals surface area contributed by atoms with Crippen LogP contribution in [0.25, 0.3) is 0 Å². The fourth-order valence-corrected chi connectivity index (χ4v) is 4.06. The van der Waals surface area contributed by atoms with Crippen molar-refractivity contribution < 1.29 is 23.9 Å². The third-order valence-corrected chi connectivity index (χ3v) is 6.38. The second kappa shape index (κ2) is 10.8. The summed E-state index contributed by atoms with van der Waals surface area (Å²) in [5.74, 6) is -0.512. The van der Waals surface area contributed by atoms with Crippen LogP contribution in [-0.2, 0) is 19.1 Å². The van der Waals surface area contributed by atoms with Gasteiger partial charge in [0.25, 0.3) is 5.91 Å². The third-order valence-electron chi connectivity index (χ3n) is 6.14. The normalized spacial score (nSPS) is 15.1. The minimum absolute atomic E-state index is 0.0226. The van der Waals surface area contributed by atoms with Crippen molar-refractivity contribution in [1.29, 1.82) is 0 Å². The molecule has 0 spiro atoms. The fourth-order valence-electron chi connectivity index (χ4n) is 3.89. The predicted molar refractivity (Wildman–Crippen MR) is 139 cm³/mol. The zero-order chi connectivity index (χ0) is 25.8. The Kier molecular flexibility index (Phi) is 7.60. The second-order valence-electron chi connectivity index (χ2n) is 8.86. The van der Waals surface area contributed by atoms with Gasteiger partial charge >= 0.3 is 5.97 Å². The highest BCUT2D eigenvalue weighted by molar-refractivity contribution is 6.31. The van der Waals surface area contributed by atoms with Crippen LogP contribution >= 0.6 is 11.6 Å². The van der Waals surface area contributed by atoms with Crippen molar-refractivity contribution in [2.75, 3.05) is 23.4 Å². The number of nitrogens with zero attached hydrogens (tertiary/aromatic N) is 1. The molecule has 1 fully saturated rings. The number of carbonyl (C=O) groups is 3. The van der Waals surface area contributed by atoms with Gasteiger partial charge in [-0.1, -0.05) is 23.7 Å². The molecule has 3 aromatic carbocycles. The zero-order valence-electron chi connectivity index (χ0n) is 20.3. The minimum Gasteiger partial charge on any atom is -0.457 e. The molecule has 1 atom stereocenters. The number of aryl methyl sites for hydroxylation is 3. The first kappa shape index (κ1) is 25.3. The van der Waals surface area contributed by atoms with E-state index in [1.807, 2.05) is 39.0 Å². The Morgan fingerprint density at radius 2 is 1.64 bits per heavy atom. The van der Waals surface area contributed by atoms with Gasteiger partial charge in [-0.05, 0) is 86.0 Å². The van der Waals surface area contributed by atoms with Crippen molar-refractivity contribution in [2.24, 2.45) is 5.92 Å². The van der Waals surface area contributed by atoms with Gasteiger partial charge in [0.1, 0.15) is 11.5 Å². The van der Waals surface area contributed by atoms with Gasteiger partial charge < -0.3 is 19.7 Å². The van der Waals surface area contributed by atoms with Crippen LogP contribution < -0.4 is 15.0 Å². The lowest BCUT2D eigenvalue weighted by atomic mass is 10.1. The topological polar surface area (TPSA) is 84.9 Å². The van der Waals surface area contributed by atoms with Gasteiger partial charge in [0, 0.05) is 29.4 Å². The molecule has 8 heteroatoms. The summed E-state index contributed by atoms with van der Waals surface area (Å²) in [5, 5.41) is 3.17. The molecule has 1 N–H and O–H groups in total. The Morgan fingerprint density at radius 3 is 2.36 bits per heavy atom. The van der Waals surface area contributed by atoms with Crippen molar-refractivity contribution in [2.45, 2.75) is 27.2 Å². The molecule has 0 unspecified atom stereocenters. The number of esters is 1. The number of anilines is 2. The van der Waals surface area contributed by atoms with E-state index in [1.54, 1.807) is 47.4 Å². The SMILES string of the molecule is Cc1ccc(Oc2ccc(N3C[C@@H](C(=O)OCC(=O)Nc4cc(Cl)ccc4C)CC3=O)cc2)cc1C. The van der Waals surface area contributed by atoms with E-state index in [-0.39, 0.29) is 18.9 Å². The summed E-state index contributed by atoms with van der Waals surface area (Å²) in [5.41, 5.74) is 4.38. The highest BCUT2D eigenvalue weighted by Crippen LogP contribution is 2.30. The molecule has 0 aromatic heterocycles. The van der Waals surface area contributed by atoms with E-state index in [1.165, 1.54) is 5.56 Å². The maximum atomic E-state index is 12.6. The quantitative estimate of drug-likeness (QED) is 0.422. The Labute approximate surface area is 215 Å². The largest absolute Gasteiger partial charge is 0.457 e. The highest BCUT2D eigenvalue weighted by Gasteiger charge is 2.36. The van der Waals surface area contributed by atoms with Gasteiger partial charge in [-0.25, -0.2) is 0 Å². The van der Waals surface area contributed by atoms with E-state index in [4.69, 9.17) is 21.1 Å². The zero-order valence-corrected chi connectivity index (χ0v) is 21.1. The van der Waals surface area contributed by atoms with E-state index >= 15 is 0 Å². The van der Waals surface area contributed by atoms with Crippen molar-refractivity contribution in [3.05, 3.63) is 82.4 Å². The Hall–Kier alpha value is -3.84. The summed E-state index contributed by atoms with van der Waals surface area (Å²) in [4.78, 5) is 38.9. The molecule has 7 nitrogen and oxygen atoms in total. The van der Waals surface area contributed by atoms with Gasteiger partial charge in [0.15, 0.2) is 6.61 Å². The van der Waals surface area contributed by atoms with Crippen LogP contribution in [0, 0.1) is 26.7 Å². The minimum atomic E-state index is -0.648. The molecule has 4 rings (SSSR count). The Morgan fingerprint density at radius 1 is 0.944 bits per heavy atom. The number of rotatable bonds is 7. The maximum Gasteiger partial charge on any atom is 0.311 e. The number of hydrogen-bond acceptors (Lipinski definition) is 5. The summed E-state index contributed by atoms with van der Waals surface area (Å²) in [6.07, 6.45) is 0.0226. The molecule has 2 amide bonds. The molecule has 1 aliphatic rings. The standard InChI is InChI=1S/C28H27ClN2O5/c1-17-5-9-24(12-19(17)3)36-23-10-7-22(8-11-23)31-15-20(13-27(31)33)28(34)35-16-26(32)30-25-14-21(29)6-4-18(25)2/h4-12,14,20H,13,15-16H2,1-3H3,(H,30,32)/t20-/m0/s1. The Bertz CT molecular complexity index is 1310. The molecule has 36 heavy (non-hydrogen) atoms. The van der Waals surface area contributed by atoms with Crippen LogP contribution in [0.4, 0.5) is 11.4 Å². The van der Waals surface area contributed by atoms with E-state index in [2.05, 4.69) is 5.32 Å². The highest BCUT2D eigenvalue weighted by atomic mass is 35.5. The fraction of sp³-hybridized carbons (Fsp3) is 0.250. The van der Waals surface area contributed by atoms with Crippen LogP contribution in [0.5, 0.6) is 11.5 Å². The molecule has 0 bridgehead atoms. The molecule has 0 aliphatic carbocycles. The first-order valence-corrected chi connectivity index (χ1v) is 12.0. The van der Waals surface area contributed by atoms with Gasteiger partial charge in [-0.3, -0.25) is 14.4 Å². The number of amides is 2. The van der Waals surface area contributed by atoms with E-state index in [0.29, 0.717) is 22.1 Å². The summed E-state index contributed by atoms with van der Waals surface area (Å²) in [7, 11) is 0. The summed E-state index contributed by atoms with van der Waals surface area (Å²) >= 11 is 5.97. The number of halogens is 1. The average molecular weight is 507 g/mol. The van der Waals surface area contributed by atoms with Crippen LogP contribution in [0.1, 0.15) is 23.1 Å². The average Bonchev–Trinajstić information content (AvgIpc) is 3.24. The molecule has 1 heterocycles. The first-order chi connectivity index (χ1) is 17.2. The number of benzene rings is 3. The second-order valence-corrected chi connectivity index (χ2v) is 9.30. The number of ether oxygens (including phenoxy) is 2. The molecule has 0 saturated carbocycles. The molecule has 1 saturated heterocycles. The Balaban J connectivity index is 1.30. The van der Waals surface area contributed by atoms with Gasteiger partial charge in [0.05, 0.1) is 5.92 Å². The lowest BCUT2D eigenvalue weighted by Crippen LogP contribution is -2.28. The molecule has 186 valence electrons. The molecule has 0 radical (unpaired) electrons. The van der Waals surface area contributed by atoms with Crippen molar-refractivity contribution in [1.82, 2.24) is 0 Å². The van der Waals surface area contributed by atoms with Crippen molar-refractivity contribution in [3.63, 3.8) is 0 Å². The summed E-state index contributed by atoms with van der Waals surface area (Å²) in [6.45, 7) is 5.64. The van der Waals surface area contributed by atoms with E-state index in [0.717, 1.165) is 16.9 Å². The molecular weight excluding hydrogens is 480 g/mol. The molecular formula is C28H27ClN2O5. The molecule has 1 aliphatic heterocycles. The first-order valence-electron chi connectivity index (χ1n) is 11.6. The van der Waals surface area contributed by atoms with Crippen LogP contribution in [-0.4, -0.2) is 30.9 Å². The lowest BCUT2D eigenvalue weighted by molar-refractivity contribution is -0.151. The number of hydrogen-bond donors (Lipinski definition) is 1. The smallest absolute Gasteiger partial charge is 0.311 e. The number of nitrogens with one attached hydrogen (secondary N) is 1. The third kappa shape index (κ3) is 6.04. The van der Waals surface area contributed by atoms with Crippen LogP contribution in [0.2, 0.25) is 5.02 Å². The predicted octanol–water partition coefficient (Wildman–Crippen LogP) is 5.59. The lowest BCUT2D eigenvalue weighted by Gasteiger charge is -2.17. The van der Waals surface area contributed by atoms with Gasteiger partial charge in [-0.15, -0.1) is 0 Å². The van der Waals surface area contributed by atoms with E-state index in [9.17, 15) is 14.4 Å². The number of carbonyl (C=O) groups excluding carboxylic acids is 3.